The van der Waals surface area contributed by atoms with Crippen molar-refractivity contribution in [2.24, 2.45) is 16.7 Å². The summed E-state index contributed by atoms with van der Waals surface area (Å²) in [7, 11) is 0. The summed E-state index contributed by atoms with van der Waals surface area (Å²) in [5, 5.41) is 5.02. The van der Waals surface area contributed by atoms with E-state index in [1.165, 1.54) is 10.9 Å². The standard InChI is InChI=1S/C19H26N2/c1-6-20-16(17-18(2,3)19(17,4)5)14-9-7-11-15-13(14)10-8-12-21-15/h7-12,16-17,20H,6H2,1-5H3. The first-order valence-corrected chi connectivity index (χ1v) is 7.98. The molecule has 1 heterocycles. The Kier molecular flexibility index (Phi) is 3.32. The summed E-state index contributed by atoms with van der Waals surface area (Å²) in [5.41, 5.74) is 3.22. The summed E-state index contributed by atoms with van der Waals surface area (Å²) in [4.78, 5) is 4.51. The Balaban J connectivity index is 2.10. The Morgan fingerprint density at radius 1 is 1.10 bits per heavy atom. The zero-order valence-electron chi connectivity index (χ0n) is 13.8. The second-order valence-electron chi connectivity index (χ2n) is 7.37. The minimum Gasteiger partial charge on any atom is -0.310 e. The van der Waals surface area contributed by atoms with Gasteiger partial charge in [-0.05, 0) is 41.0 Å². The molecule has 21 heavy (non-hydrogen) atoms. The van der Waals surface area contributed by atoms with E-state index in [1.54, 1.807) is 0 Å². The lowest BCUT2D eigenvalue weighted by Gasteiger charge is -2.22. The van der Waals surface area contributed by atoms with Crippen molar-refractivity contribution < 1.29 is 0 Å². The molecular weight excluding hydrogens is 256 g/mol. The molecule has 0 radical (unpaired) electrons. The predicted octanol–water partition coefficient (Wildman–Crippen LogP) is 4.57. The number of benzene rings is 1. The van der Waals surface area contributed by atoms with Crippen molar-refractivity contribution in [1.82, 2.24) is 10.3 Å². The molecule has 1 N–H and O–H groups in total. The maximum Gasteiger partial charge on any atom is 0.0705 e. The van der Waals surface area contributed by atoms with Crippen LogP contribution in [0.25, 0.3) is 10.9 Å². The van der Waals surface area contributed by atoms with E-state index in [4.69, 9.17) is 0 Å². The molecule has 0 bridgehead atoms. The van der Waals surface area contributed by atoms with Crippen LogP contribution in [0.15, 0.2) is 36.5 Å². The molecule has 2 nitrogen and oxygen atoms in total. The lowest BCUT2D eigenvalue weighted by molar-refractivity contribution is 0.420. The highest BCUT2D eigenvalue weighted by molar-refractivity contribution is 5.82. The van der Waals surface area contributed by atoms with Crippen LogP contribution in [-0.2, 0) is 0 Å². The summed E-state index contributed by atoms with van der Waals surface area (Å²) in [6.45, 7) is 12.8. The van der Waals surface area contributed by atoms with E-state index in [2.05, 4.69) is 69.2 Å². The molecule has 0 aliphatic heterocycles. The molecule has 1 aromatic carbocycles. The molecule has 2 heteroatoms. The highest BCUT2D eigenvalue weighted by Crippen LogP contribution is 2.72. The Hall–Kier alpha value is -1.41. The number of pyridine rings is 1. The predicted molar refractivity (Wildman–Crippen MR) is 89.2 cm³/mol. The highest BCUT2D eigenvalue weighted by Gasteiger charge is 2.67. The van der Waals surface area contributed by atoms with Crippen molar-refractivity contribution in [1.29, 1.82) is 0 Å². The molecule has 1 atom stereocenters. The second-order valence-corrected chi connectivity index (χ2v) is 7.37. The van der Waals surface area contributed by atoms with Gasteiger partial charge in [0.1, 0.15) is 0 Å². The summed E-state index contributed by atoms with van der Waals surface area (Å²) in [5.74, 6) is 0.649. The first kappa shape index (κ1) is 14.5. The van der Waals surface area contributed by atoms with Gasteiger partial charge in [0.25, 0.3) is 0 Å². The fourth-order valence-electron chi connectivity index (χ4n) is 4.11. The summed E-state index contributed by atoms with van der Waals surface area (Å²) in [6.07, 6.45) is 1.87. The minimum atomic E-state index is 0.365. The molecule has 1 saturated carbocycles. The molecule has 2 aromatic rings. The average molecular weight is 282 g/mol. The van der Waals surface area contributed by atoms with Crippen LogP contribution in [0, 0.1) is 16.7 Å². The van der Waals surface area contributed by atoms with Crippen LogP contribution < -0.4 is 5.32 Å². The molecule has 1 aromatic heterocycles. The lowest BCUT2D eigenvalue weighted by Crippen LogP contribution is -2.25. The average Bonchev–Trinajstić information content (AvgIpc) is 2.86. The maximum absolute atomic E-state index is 4.51. The van der Waals surface area contributed by atoms with Crippen LogP contribution in [-0.4, -0.2) is 11.5 Å². The quantitative estimate of drug-likeness (QED) is 0.888. The van der Waals surface area contributed by atoms with Crippen LogP contribution in [0.4, 0.5) is 0 Å². The zero-order chi connectivity index (χ0) is 15.3. The van der Waals surface area contributed by atoms with Gasteiger partial charge < -0.3 is 5.32 Å². The van der Waals surface area contributed by atoms with E-state index in [-0.39, 0.29) is 0 Å². The first-order valence-electron chi connectivity index (χ1n) is 7.98. The Morgan fingerprint density at radius 2 is 1.81 bits per heavy atom. The van der Waals surface area contributed by atoms with Crippen LogP contribution >= 0.6 is 0 Å². The molecule has 1 fully saturated rings. The van der Waals surface area contributed by atoms with Crippen molar-refractivity contribution in [3.8, 4) is 0 Å². The molecule has 1 unspecified atom stereocenters. The molecular formula is C19H26N2. The summed E-state index contributed by atoms with van der Waals surface area (Å²) < 4.78 is 0. The number of fused-ring (bicyclic) bond motifs is 1. The van der Waals surface area contributed by atoms with E-state index < -0.39 is 0 Å². The van der Waals surface area contributed by atoms with Crippen LogP contribution in [0.5, 0.6) is 0 Å². The van der Waals surface area contributed by atoms with Gasteiger partial charge in [0.15, 0.2) is 0 Å². The third-order valence-corrected chi connectivity index (χ3v) is 5.90. The van der Waals surface area contributed by atoms with E-state index in [1.807, 2.05) is 12.3 Å². The third kappa shape index (κ3) is 2.08. The van der Waals surface area contributed by atoms with Gasteiger partial charge in [-0.15, -0.1) is 0 Å². The fraction of sp³-hybridized carbons (Fsp3) is 0.526. The van der Waals surface area contributed by atoms with Crippen molar-refractivity contribution >= 4 is 10.9 Å². The van der Waals surface area contributed by atoms with Crippen LogP contribution in [0.1, 0.15) is 46.2 Å². The largest absolute Gasteiger partial charge is 0.310 e. The van der Waals surface area contributed by atoms with Gasteiger partial charge in [-0.1, -0.05) is 52.8 Å². The van der Waals surface area contributed by atoms with E-state index in [9.17, 15) is 0 Å². The van der Waals surface area contributed by atoms with Crippen molar-refractivity contribution in [3.63, 3.8) is 0 Å². The van der Waals surface area contributed by atoms with Crippen molar-refractivity contribution in [3.05, 3.63) is 42.1 Å². The molecule has 0 spiro atoms. The first-order chi connectivity index (χ1) is 9.91. The van der Waals surface area contributed by atoms with Crippen molar-refractivity contribution in [2.45, 2.75) is 40.7 Å². The van der Waals surface area contributed by atoms with Gasteiger partial charge in [0.05, 0.1) is 5.52 Å². The number of nitrogens with zero attached hydrogens (tertiary/aromatic N) is 1. The molecule has 0 saturated heterocycles. The summed E-state index contributed by atoms with van der Waals surface area (Å²) >= 11 is 0. The van der Waals surface area contributed by atoms with E-state index >= 15 is 0 Å². The molecule has 0 amide bonds. The van der Waals surface area contributed by atoms with E-state index in [0.717, 1.165) is 12.1 Å². The maximum atomic E-state index is 4.51. The fourth-order valence-corrected chi connectivity index (χ4v) is 4.11. The Morgan fingerprint density at radius 3 is 2.43 bits per heavy atom. The van der Waals surface area contributed by atoms with Crippen LogP contribution in [0.2, 0.25) is 0 Å². The molecule has 1 aliphatic carbocycles. The van der Waals surface area contributed by atoms with Gasteiger partial charge in [0.2, 0.25) is 0 Å². The number of hydrogen-bond acceptors (Lipinski definition) is 2. The number of aromatic nitrogens is 1. The van der Waals surface area contributed by atoms with E-state index in [0.29, 0.717) is 22.8 Å². The number of hydrogen-bond donors (Lipinski definition) is 1. The summed E-state index contributed by atoms with van der Waals surface area (Å²) in [6, 6.07) is 11.1. The normalized spacial score (nSPS) is 21.4. The molecule has 1 aliphatic rings. The van der Waals surface area contributed by atoms with Gasteiger partial charge >= 0.3 is 0 Å². The van der Waals surface area contributed by atoms with Gasteiger partial charge in [-0.2, -0.15) is 0 Å². The zero-order valence-corrected chi connectivity index (χ0v) is 13.8. The van der Waals surface area contributed by atoms with Crippen LogP contribution in [0.3, 0.4) is 0 Å². The molecule has 112 valence electrons. The highest BCUT2D eigenvalue weighted by atomic mass is 15.0. The smallest absolute Gasteiger partial charge is 0.0705 e. The number of nitrogens with one attached hydrogen (secondary N) is 1. The minimum absolute atomic E-state index is 0.365. The topological polar surface area (TPSA) is 24.9 Å². The van der Waals surface area contributed by atoms with Crippen molar-refractivity contribution in [2.75, 3.05) is 6.54 Å². The third-order valence-electron chi connectivity index (χ3n) is 5.90. The second kappa shape index (κ2) is 4.81. The van der Waals surface area contributed by atoms with Gasteiger partial charge in [-0.3, -0.25) is 4.98 Å². The van der Waals surface area contributed by atoms with Gasteiger partial charge in [-0.25, -0.2) is 0 Å². The number of rotatable bonds is 4. The Labute approximate surface area is 128 Å². The SMILES string of the molecule is CCNC(c1cccc2ncccc12)C1C(C)(C)C1(C)C. The Bertz CT molecular complexity index is 638. The monoisotopic (exact) mass is 282 g/mol. The van der Waals surface area contributed by atoms with Gasteiger partial charge in [0, 0.05) is 17.6 Å². The lowest BCUT2D eigenvalue weighted by atomic mass is 9.93. The molecule has 3 rings (SSSR count).